The molecule has 2 atom stereocenters. The van der Waals surface area contributed by atoms with Crippen molar-refractivity contribution < 1.29 is 17.7 Å². The Morgan fingerprint density at radius 1 is 1.26 bits per heavy atom. The number of hydrogen-bond acceptors (Lipinski definition) is 5. The summed E-state index contributed by atoms with van der Waals surface area (Å²) in [5.74, 6) is -0.641. The SMILES string of the molecule is Cc1cc(CS(=O)(=O)[C@@H](C)C(=O)N[C@@H](C)c2ccccc2)on1. The van der Waals surface area contributed by atoms with E-state index in [4.69, 9.17) is 4.52 Å². The molecule has 0 aliphatic carbocycles. The van der Waals surface area contributed by atoms with Crippen LogP contribution in [0, 0.1) is 6.92 Å². The van der Waals surface area contributed by atoms with Crippen molar-refractivity contribution in [2.75, 3.05) is 0 Å². The molecule has 0 saturated heterocycles. The van der Waals surface area contributed by atoms with Crippen LogP contribution in [0.1, 0.15) is 36.9 Å². The highest BCUT2D eigenvalue weighted by molar-refractivity contribution is 7.92. The molecule has 1 amide bonds. The third-order valence-corrected chi connectivity index (χ3v) is 5.56. The van der Waals surface area contributed by atoms with Gasteiger partial charge in [-0.3, -0.25) is 4.79 Å². The lowest BCUT2D eigenvalue weighted by molar-refractivity contribution is -0.121. The predicted octanol–water partition coefficient (Wildman–Crippen LogP) is 2.16. The molecule has 124 valence electrons. The average molecular weight is 336 g/mol. The second kappa shape index (κ2) is 6.95. The van der Waals surface area contributed by atoms with E-state index in [2.05, 4.69) is 10.5 Å². The minimum Gasteiger partial charge on any atom is -0.360 e. The zero-order chi connectivity index (χ0) is 17.0. The summed E-state index contributed by atoms with van der Waals surface area (Å²) >= 11 is 0. The van der Waals surface area contributed by atoms with Gasteiger partial charge in [0, 0.05) is 6.07 Å². The number of carbonyl (C=O) groups is 1. The van der Waals surface area contributed by atoms with Gasteiger partial charge in [-0.2, -0.15) is 0 Å². The number of rotatable bonds is 6. The van der Waals surface area contributed by atoms with E-state index < -0.39 is 21.0 Å². The smallest absolute Gasteiger partial charge is 0.238 e. The number of carbonyl (C=O) groups excluding carboxylic acids is 1. The van der Waals surface area contributed by atoms with E-state index in [9.17, 15) is 13.2 Å². The van der Waals surface area contributed by atoms with Crippen LogP contribution in [0.5, 0.6) is 0 Å². The molecule has 0 aliphatic heterocycles. The molecule has 23 heavy (non-hydrogen) atoms. The molecule has 1 aromatic carbocycles. The predicted molar refractivity (Wildman–Crippen MR) is 86.3 cm³/mol. The molecular formula is C16H20N2O4S. The quantitative estimate of drug-likeness (QED) is 0.873. The zero-order valence-corrected chi connectivity index (χ0v) is 14.1. The van der Waals surface area contributed by atoms with E-state index in [0.717, 1.165) is 5.56 Å². The number of aromatic nitrogens is 1. The maximum absolute atomic E-state index is 12.3. The Labute approximate surface area is 135 Å². The minimum atomic E-state index is -3.67. The number of sulfone groups is 1. The van der Waals surface area contributed by atoms with Gasteiger partial charge in [0.15, 0.2) is 15.6 Å². The summed E-state index contributed by atoms with van der Waals surface area (Å²) in [6, 6.07) is 10.6. The van der Waals surface area contributed by atoms with Crippen molar-refractivity contribution in [1.82, 2.24) is 10.5 Å². The number of hydrogen-bond donors (Lipinski definition) is 1. The van der Waals surface area contributed by atoms with Crippen LogP contribution in [0.4, 0.5) is 0 Å². The van der Waals surface area contributed by atoms with Gasteiger partial charge in [-0.15, -0.1) is 0 Å². The molecule has 0 unspecified atom stereocenters. The maximum atomic E-state index is 12.3. The number of aryl methyl sites for hydroxylation is 1. The van der Waals surface area contributed by atoms with Gasteiger partial charge in [-0.05, 0) is 26.3 Å². The fourth-order valence-electron chi connectivity index (χ4n) is 2.13. The van der Waals surface area contributed by atoms with Gasteiger partial charge in [0.05, 0.1) is 11.7 Å². The van der Waals surface area contributed by atoms with Crippen LogP contribution in [0.25, 0.3) is 0 Å². The van der Waals surface area contributed by atoms with Crippen LogP contribution in [0.3, 0.4) is 0 Å². The first-order chi connectivity index (χ1) is 10.8. The van der Waals surface area contributed by atoms with Crippen LogP contribution in [0.2, 0.25) is 0 Å². The third-order valence-electron chi connectivity index (χ3n) is 3.59. The van der Waals surface area contributed by atoms with Gasteiger partial charge in [0.1, 0.15) is 11.0 Å². The molecule has 1 aromatic heterocycles. The molecule has 7 heteroatoms. The highest BCUT2D eigenvalue weighted by Gasteiger charge is 2.30. The molecule has 0 fully saturated rings. The van der Waals surface area contributed by atoms with E-state index >= 15 is 0 Å². The first-order valence-electron chi connectivity index (χ1n) is 7.28. The second-order valence-electron chi connectivity index (χ2n) is 5.52. The normalized spacial score (nSPS) is 14.2. The summed E-state index contributed by atoms with van der Waals surface area (Å²) in [7, 11) is -3.67. The highest BCUT2D eigenvalue weighted by Crippen LogP contribution is 2.15. The summed E-state index contributed by atoms with van der Waals surface area (Å²) < 4.78 is 29.6. The first-order valence-corrected chi connectivity index (χ1v) is 9.00. The number of nitrogens with one attached hydrogen (secondary N) is 1. The molecular weight excluding hydrogens is 316 g/mol. The molecule has 0 spiro atoms. The molecule has 6 nitrogen and oxygen atoms in total. The van der Waals surface area contributed by atoms with Crippen molar-refractivity contribution in [2.45, 2.75) is 37.8 Å². The maximum Gasteiger partial charge on any atom is 0.238 e. The van der Waals surface area contributed by atoms with Gasteiger partial charge in [-0.25, -0.2) is 8.42 Å². The van der Waals surface area contributed by atoms with Crippen LogP contribution in [0.15, 0.2) is 40.9 Å². The van der Waals surface area contributed by atoms with Crippen molar-refractivity contribution >= 4 is 15.7 Å². The zero-order valence-electron chi connectivity index (χ0n) is 13.3. The van der Waals surface area contributed by atoms with Crippen molar-refractivity contribution in [1.29, 1.82) is 0 Å². The van der Waals surface area contributed by atoms with Gasteiger partial charge in [0.25, 0.3) is 0 Å². The van der Waals surface area contributed by atoms with Crippen molar-refractivity contribution in [3.8, 4) is 0 Å². The van der Waals surface area contributed by atoms with Gasteiger partial charge in [0.2, 0.25) is 5.91 Å². The number of amides is 1. The molecule has 1 heterocycles. The van der Waals surface area contributed by atoms with Crippen LogP contribution < -0.4 is 5.32 Å². The largest absolute Gasteiger partial charge is 0.360 e. The van der Waals surface area contributed by atoms with Crippen molar-refractivity contribution in [3.63, 3.8) is 0 Å². The average Bonchev–Trinajstić information content (AvgIpc) is 2.91. The van der Waals surface area contributed by atoms with Crippen LogP contribution >= 0.6 is 0 Å². The fourth-order valence-corrected chi connectivity index (χ4v) is 3.30. The Morgan fingerprint density at radius 2 is 1.91 bits per heavy atom. The van der Waals surface area contributed by atoms with Gasteiger partial charge >= 0.3 is 0 Å². The van der Waals surface area contributed by atoms with Crippen molar-refractivity contribution in [3.05, 3.63) is 53.4 Å². The Bertz CT molecular complexity index is 768. The summed E-state index contributed by atoms with van der Waals surface area (Å²) in [5.41, 5.74) is 1.52. The van der Waals surface area contributed by atoms with E-state index in [1.807, 2.05) is 37.3 Å². The van der Waals surface area contributed by atoms with E-state index in [-0.39, 0.29) is 17.6 Å². The van der Waals surface area contributed by atoms with E-state index in [1.54, 1.807) is 13.0 Å². The Balaban J connectivity index is 2.03. The lowest BCUT2D eigenvalue weighted by atomic mass is 10.1. The molecule has 0 bridgehead atoms. The summed E-state index contributed by atoms with van der Waals surface area (Å²) in [6.07, 6.45) is 0. The Hall–Kier alpha value is -2.15. The molecule has 1 N–H and O–H groups in total. The van der Waals surface area contributed by atoms with Crippen LogP contribution in [-0.4, -0.2) is 24.7 Å². The first kappa shape index (κ1) is 17.2. The number of nitrogens with zero attached hydrogens (tertiary/aromatic N) is 1. The monoisotopic (exact) mass is 336 g/mol. The lowest BCUT2D eigenvalue weighted by Gasteiger charge is -2.17. The third kappa shape index (κ3) is 4.41. The second-order valence-corrected chi connectivity index (χ2v) is 7.85. The Kier molecular flexibility index (Phi) is 5.20. The van der Waals surface area contributed by atoms with E-state index in [0.29, 0.717) is 5.69 Å². The summed E-state index contributed by atoms with van der Waals surface area (Å²) in [6.45, 7) is 4.90. The topological polar surface area (TPSA) is 89.3 Å². The van der Waals surface area contributed by atoms with E-state index in [1.165, 1.54) is 6.92 Å². The highest BCUT2D eigenvalue weighted by atomic mass is 32.2. The molecule has 0 radical (unpaired) electrons. The van der Waals surface area contributed by atoms with Gasteiger partial charge < -0.3 is 9.84 Å². The van der Waals surface area contributed by atoms with Gasteiger partial charge in [-0.1, -0.05) is 35.5 Å². The minimum absolute atomic E-state index is 0.234. The molecule has 0 aliphatic rings. The summed E-state index contributed by atoms with van der Waals surface area (Å²) in [5, 5.41) is 5.21. The Morgan fingerprint density at radius 3 is 2.48 bits per heavy atom. The fraction of sp³-hybridized carbons (Fsp3) is 0.375. The summed E-state index contributed by atoms with van der Waals surface area (Å²) in [4.78, 5) is 12.2. The van der Waals surface area contributed by atoms with Crippen LogP contribution in [-0.2, 0) is 20.4 Å². The molecule has 2 aromatic rings. The molecule has 2 rings (SSSR count). The lowest BCUT2D eigenvalue weighted by Crippen LogP contribution is -2.39. The van der Waals surface area contributed by atoms with Crippen molar-refractivity contribution in [2.24, 2.45) is 0 Å². The standard InChI is InChI=1S/C16H20N2O4S/c1-11-9-15(22-18-11)10-23(20,21)13(3)16(19)17-12(2)14-7-5-4-6-8-14/h4-9,12-13H,10H2,1-3H3,(H,17,19)/t12-,13-/m0/s1. The molecule has 0 saturated carbocycles. The number of benzene rings is 1.